The van der Waals surface area contributed by atoms with E-state index < -0.39 is 17.7 Å². The molecule has 6 heteroatoms. The first-order valence-corrected chi connectivity index (χ1v) is 8.37. The highest BCUT2D eigenvalue weighted by Gasteiger charge is 2.20. The van der Waals surface area contributed by atoms with Crippen molar-refractivity contribution in [2.75, 3.05) is 7.05 Å². The second-order valence-electron chi connectivity index (χ2n) is 4.18. The molecule has 0 amide bonds. The lowest BCUT2D eigenvalue weighted by atomic mass is 9.98. The van der Waals surface area contributed by atoms with Crippen LogP contribution in [0.15, 0.2) is 39.3 Å². The Hall–Kier alpha value is -0.0500. The topological polar surface area (TPSA) is 12.0 Å². The fraction of sp³-hybridized carbons (Fsp3) is 0.143. The highest BCUT2D eigenvalue weighted by molar-refractivity contribution is 14.1. The molecule has 0 aliphatic carbocycles. The van der Waals surface area contributed by atoms with Gasteiger partial charge in [-0.25, -0.2) is 8.78 Å². The monoisotopic (exact) mass is 515 g/mol. The minimum Gasteiger partial charge on any atom is -0.309 e. The zero-order valence-corrected chi connectivity index (χ0v) is 15.7. The SMILES string of the molecule is CNC(c1cc(F)c(Br)cc1F)c1cc(Br)ccc1I. The van der Waals surface area contributed by atoms with Crippen LogP contribution in [0.3, 0.4) is 0 Å². The normalized spacial score (nSPS) is 12.5. The number of hydrogen-bond donors (Lipinski definition) is 1. The van der Waals surface area contributed by atoms with Crippen LogP contribution in [0.25, 0.3) is 0 Å². The van der Waals surface area contributed by atoms with Gasteiger partial charge >= 0.3 is 0 Å². The van der Waals surface area contributed by atoms with E-state index in [1.807, 2.05) is 18.2 Å². The summed E-state index contributed by atoms with van der Waals surface area (Å²) in [6, 6.07) is 7.70. The number of benzene rings is 2. The van der Waals surface area contributed by atoms with Gasteiger partial charge in [-0.15, -0.1) is 0 Å². The van der Waals surface area contributed by atoms with Crippen molar-refractivity contribution in [1.82, 2.24) is 5.32 Å². The summed E-state index contributed by atoms with van der Waals surface area (Å²) in [5.41, 5.74) is 1.17. The molecule has 0 fully saturated rings. The number of halogens is 5. The Labute approximate surface area is 146 Å². The molecule has 0 aliphatic heterocycles. The number of rotatable bonds is 3. The van der Waals surface area contributed by atoms with Gasteiger partial charge in [-0.1, -0.05) is 15.9 Å². The molecule has 1 nitrogen and oxygen atoms in total. The van der Waals surface area contributed by atoms with E-state index in [2.05, 4.69) is 59.8 Å². The Bertz CT molecular complexity index is 649. The van der Waals surface area contributed by atoms with E-state index in [-0.39, 0.29) is 10.0 Å². The van der Waals surface area contributed by atoms with Crippen LogP contribution in [0.4, 0.5) is 8.78 Å². The van der Waals surface area contributed by atoms with Crippen LogP contribution >= 0.6 is 54.5 Å². The predicted molar refractivity (Wildman–Crippen MR) is 91.8 cm³/mol. The third-order valence-corrected chi connectivity index (χ3v) is 4.99. The summed E-state index contributed by atoms with van der Waals surface area (Å²) in [6.07, 6.45) is 0. The van der Waals surface area contributed by atoms with Gasteiger partial charge in [0.1, 0.15) is 11.6 Å². The van der Waals surface area contributed by atoms with E-state index in [0.717, 1.165) is 19.7 Å². The highest BCUT2D eigenvalue weighted by Crippen LogP contribution is 2.32. The quantitative estimate of drug-likeness (QED) is 0.425. The Morgan fingerprint density at radius 1 is 1.05 bits per heavy atom. The van der Waals surface area contributed by atoms with Gasteiger partial charge in [-0.3, -0.25) is 0 Å². The average Bonchev–Trinajstić information content (AvgIpc) is 2.40. The maximum atomic E-state index is 14.1. The Balaban J connectivity index is 2.58. The fourth-order valence-electron chi connectivity index (χ4n) is 1.97. The van der Waals surface area contributed by atoms with Crippen molar-refractivity contribution < 1.29 is 8.78 Å². The van der Waals surface area contributed by atoms with E-state index in [0.29, 0.717) is 0 Å². The second kappa shape index (κ2) is 6.81. The molecule has 1 unspecified atom stereocenters. The van der Waals surface area contributed by atoms with Crippen molar-refractivity contribution in [1.29, 1.82) is 0 Å². The summed E-state index contributed by atoms with van der Waals surface area (Å²) in [5.74, 6) is -0.931. The van der Waals surface area contributed by atoms with Crippen LogP contribution in [0.5, 0.6) is 0 Å². The van der Waals surface area contributed by atoms with Crippen molar-refractivity contribution in [3.8, 4) is 0 Å². The lowest BCUT2D eigenvalue weighted by Gasteiger charge is -2.20. The molecule has 0 saturated carbocycles. The minimum absolute atomic E-state index is 0.123. The van der Waals surface area contributed by atoms with Crippen LogP contribution in [0.2, 0.25) is 0 Å². The molecule has 0 aromatic heterocycles. The van der Waals surface area contributed by atoms with Gasteiger partial charge in [0.2, 0.25) is 0 Å². The minimum atomic E-state index is -0.480. The Morgan fingerprint density at radius 2 is 1.75 bits per heavy atom. The molecule has 106 valence electrons. The maximum Gasteiger partial charge on any atom is 0.137 e. The molecular weight excluding hydrogens is 507 g/mol. The first kappa shape index (κ1) is 16.3. The average molecular weight is 517 g/mol. The van der Waals surface area contributed by atoms with E-state index in [9.17, 15) is 8.78 Å². The first-order valence-electron chi connectivity index (χ1n) is 5.70. The summed E-state index contributed by atoms with van der Waals surface area (Å²) in [4.78, 5) is 0. The lowest BCUT2D eigenvalue weighted by Crippen LogP contribution is -2.20. The van der Waals surface area contributed by atoms with Crippen LogP contribution in [-0.4, -0.2) is 7.05 Å². The molecule has 2 aromatic rings. The largest absolute Gasteiger partial charge is 0.309 e. The van der Waals surface area contributed by atoms with Crippen LogP contribution in [0, 0.1) is 15.2 Å². The summed E-state index contributed by atoms with van der Waals surface area (Å²) in [5, 5.41) is 3.04. The van der Waals surface area contributed by atoms with Crippen LogP contribution in [0.1, 0.15) is 17.2 Å². The predicted octanol–water partition coefficient (Wildman–Crippen LogP) is 5.40. The number of hydrogen-bond acceptors (Lipinski definition) is 1. The van der Waals surface area contributed by atoms with E-state index in [1.165, 1.54) is 6.07 Å². The third-order valence-electron chi connectivity index (χ3n) is 2.91. The van der Waals surface area contributed by atoms with Gasteiger partial charge in [-0.2, -0.15) is 0 Å². The third kappa shape index (κ3) is 3.40. The van der Waals surface area contributed by atoms with Gasteiger partial charge in [0.25, 0.3) is 0 Å². The number of nitrogens with one attached hydrogen (secondary N) is 1. The summed E-state index contributed by atoms with van der Waals surface area (Å²) in [7, 11) is 1.72. The van der Waals surface area contributed by atoms with Gasteiger partial charge in [-0.05, 0) is 81.5 Å². The Kier molecular flexibility index (Phi) is 5.56. The summed E-state index contributed by atoms with van der Waals surface area (Å²) >= 11 is 8.58. The lowest BCUT2D eigenvalue weighted by molar-refractivity contribution is 0.554. The Morgan fingerprint density at radius 3 is 2.40 bits per heavy atom. The fourth-order valence-corrected chi connectivity index (χ4v) is 3.31. The molecule has 20 heavy (non-hydrogen) atoms. The molecule has 2 aromatic carbocycles. The summed E-state index contributed by atoms with van der Waals surface area (Å²) < 4.78 is 29.8. The van der Waals surface area contributed by atoms with Gasteiger partial charge in [0.15, 0.2) is 0 Å². The second-order valence-corrected chi connectivity index (χ2v) is 7.11. The van der Waals surface area contributed by atoms with Crippen molar-refractivity contribution in [3.63, 3.8) is 0 Å². The van der Waals surface area contributed by atoms with Gasteiger partial charge in [0.05, 0.1) is 10.5 Å². The van der Waals surface area contributed by atoms with Crippen LogP contribution < -0.4 is 5.32 Å². The van der Waals surface area contributed by atoms with Gasteiger partial charge in [0, 0.05) is 13.6 Å². The molecule has 0 spiro atoms. The van der Waals surface area contributed by atoms with Crippen molar-refractivity contribution in [3.05, 3.63) is 65.6 Å². The highest BCUT2D eigenvalue weighted by atomic mass is 127. The van der Waals surface area contributed by atoms with Gasteiger partial charge < -0.3 is 5.32 Å². The first-order chi connectivity index (χ1) is 9.43. The molecule has 0 heterocycles. The molecule has 0 saturated heterocycles. The van der Waals surface area contributed by atoms with E-state index in [4.69, 9.17) is 0 Å². The van der Waals surface area contributed by atoms with Crippen LogP contribution in [-0.2, 0) is 0 Å². The zero-order chi connectivity index (χ0) is 14.9. The molecule has 1 atom stereocenters. The molecular formula is C14H10Br2F2IN. The molecule has 0 bridgehead atoms. The van der Waals surface area contributed by atoms with E-state index in [1.54, 1.807) is 7.05 Å². The summed E-state index contributed by atoms with van der Waals surface area (Å²) in [6.45, 7) is 0. The smallest absolute Gasteiger partial charge is 0.137 e. The van der Waals surface area contributed by atoms with E-state index >= 15 is 0 Å². The zero-order valence-electron chi connectivity index (χ0n) is 10.4. The maximum absolute atomic E-state index is 14.1. The van der Waals surface area contributed by atoms with Crippen molar-refractivity contribution in [2.24, 2.45) is 0 Å². The molecule has 0 aliphatic rings. The molecule has 1 N–H and O–H groups in total. The van der Waals surface area contributed by atoms with Crippen molar-refractivity contribution in [2.45, 2.75) is 6.04 Å². The standard InChI is InChI=1S/C14H10Br2F2IN/c1-20-14(9-4-7(15)2-3-13(9)19)8-5-12(18)10(16)6-11(8)17/h2-6,14,20H,1H3. The van der Waals surface area contributed by atoms with Crippen molar-refractivity contribution >= 4 is 54.5 Å². The molecule has 0 radical (unpaired) electrons. The molecule has 2 rings (SSSR count).